The molecule has 2 aliphatic rings. The lowest BCUT2D eigenvalue weighted by atomic mass is 9.73. The minimum atomic E-state index is -0.0351. The molecule has 2 unspecified atom stereocenters. The van der Waals surface area contributed by atoms with E-state index in [0.717, 1.165) is 45.9 Å². The van der Waals surface area contributed by atoms with E-state index in [0.29, 0.717) is 0 Å². The van der Waals surface area contributed by atoms with E-state index in [9.17, 15) is 0 Å². The van der Waals surface area contributed by atoms with Gasteiger partial charge in [-0.1, -0.05) is 152 Å². The summed E-state index contributed by atoms with van der Waals surface area (Å²) in [5, 5.41) is 2.60. The van der Waals surface area contributed by atoms with E-state index >= 15 is 0 Å². The Morgan fingerprint density at radius 3 is 2.04 bits per heavy atom. The maximum absolute atomic E-state index is 6.36. The van der Waals surface area contributed by atoms with Gasteiger partial charge in [-0.2, -0.15) is 0 Å². The normalized spacial score (nSPS) is 14.5. The summed E-state index contributed by atoms with van der Waals surface area (Å²) in [6.07, 6.45) is 3.16. The van der Waals surface area contributed by atoms with Crippen molar-refractivity contribution in [3.8, 4) is 33.8 Å². The molecule has 0 saturated heterocycles. The third kappa shape index (κ3) is 6.50. The fraction of sp³-hybridized carbons (Fsp3) is 0.0727. The highest BCUT2D eigenvalue weighted by atomic mass is 16.5. The molecule has 10 rings (SSSR count). The average Bonchev–Trinajstić information content (AvgIpc) is 3.67. The van der Waals surface area contributed by atoms with Crippen LogP contribution in [0.25, 0.3) is 50.2 Å². The second-order valence-corrected chi connectivity index (χ2v) is 15.1. The van der Waals surface area contributed by atoms with Gasteiger partial charge in [0, 0.05) is 11.6 Å². The van der Waals surface area contributed by atoms with Crippen molar-refractivity contribution in [3.63, 3.8) is 0 Å². The first-order valence-electron chi connectivity index (χ1n) is 19.8. The van der Waals surface area contributed by atoms with Crippen molar-refractivity contribution in [3.05, 3.63) is 234 Å². The molecule has 0 fully saturated rings. The molecule has 2 aliphatic carbocycles. The summed E-state index contributed by atoms with van der Waals surface area (Å²) in [7, 11) is 0. The predicted octanol–water partition coefficient (Wildman–Crippen LogP) is 14.6. The van der Waals surface area contributed by atoms with Gasteiger partial charge in [-0.3, -0.25) is 4.99 Å². The van der Waals surface area contributed by atoms with E-state index in [2.05, 4.69) is 183 Å². The van der Waals surface area contributed by atoms with Gasteiger partial charge in [0.1, 0.15) is 11.5 Å². The molecule has 272 valence electrons. The molecule has 0 heterocycles. The molecule has 0 saturated carbocycles. The van der Waals surface area contributed by atoms with Crippen LogP contribution in [0.1, 0.15) is 64.2 Å². The van der Waals surface area contributed by atoms with E-state index in [1.807, 2.05) is 24.3 Å². The Hall–Kier alpha value is -7.03. The van der Waals surface area contributed by atoms with Crippen LogP contribution in [0.2, 0.25) is 0 Å². The summed E-state index contributed by atoms with van der Waals surface area (Å²) in [6, 6.07) is 66.8. The minimum absolute atomic E-state index is 0.0351. The number of allylic oxidation sites excluding steroid dienone is 1. The van der Waals surface area contributed by atoms with Gasteiger partial charge >= 0.3 is 0 Å². The molecule has 0 N–H and O–H groups in total. The second kappa shape index (κ2) is 14.6. The van der Waals surface area contributed by atoms with Crippen LogP contribution in [-0.2, 0) is 0 Å². The predicted molar refractivity (Wildman–Crippen MR) is 239 cm³/mol. The van der Waals surface area contributed by atoms with Crippen LogP contribution in [0.3, 0.4) is 0 Å². The lowest BCUT2D eigenvalue weighted by molar-refractivity contribution is 0.483. The summed E-state index contributed by atoms with van der Waals surface area (Å²) in [6.45, 7) is 6.49. The first-order chi connectivity index (χ1) is 28.1. The second-order valence-electron chi connectivity index (χ2n) is 15.1. The van der Waals surface area contributed by atoms with Crippen molar-refractivity contribution in [2.75, 3.05) is 0 Å². The molecule has 0 bridgehead atoms. The van der Waals surface area contributed by atoms with Crippen molar-refractivity contribution in [1.82, 2.24) is 0 Å². The minimum Gasteiger partial charge on any atom is -0.457 e. The maximum Gasteiger partial charge on any atom is 0.127 e. The lowest BCUT2D eigenvalue weighted by Gasteiger charge is -2.30. The van der Waals surface area contributed by atoms with Crippen LogP contribution in [0.15, 0.2) is 200 Å². The van der Waals surface area contributed by atoms with Crippen LogP contribution >= 0.6 is 0 Å². The monoisotopic (exact) mass is 731 g/mol. The standard InChI is InChI=1S/C55H41NO/c1-36(38-13-5-3-6-14-38)33-53(42-16-7-4-8-17-42)56-37(2)39-21-27-45(28-22-39)57-46-29-23-40(24-30-46)43-26-31-49-50-32-25-41-15-9-11-19-47(41)54(50)52-35-44-18-10-12-20-48(44)55(52)51(49)34-43/h3-32,34-35,53,55H,1,33H2,2H3/b56-37+. The Morgan fingerprint density at radius 2 is 1.25 bits per heavy atom. The SMILES string of the molecule is C=C(CC(/N=C(\C)c1ccc(Oc2ccc(-c3ccc4c(c3)C3C(=Cc5ccccc53)c3c-4ccc4ccccc34)cc2)cc1)c1ccccc1)c1ccccc1. The zero-order valence-electron chi connectivity index (χ0n) is 31.9. The van der Waals surface area contributed by atoms with E-state index in [-0.39, 0.29) is 12.0 Å². The van der Waals surface area contributed by atoms with Gasteiger partial charge in [0.15, 0.2) is 0 Å². The number of ether oxygens (including phenoxy) is 1. The maximum atomic E-state index is 6.36. The number of aliphatic imine (C=N–C) groups is 1. The summed E-state index contributed by atoms with van der Waals surface area (Å²) in [5.74, 6) is 1.79. The molecule has 57 heavy (non-hydrogen) atoms. The highest BCUT2D eigenvalue weighted by molar-refractivity contribution is 6.11. The van der Waals surface area contributed by atoms with Gasteiger partial charge in [-0.15, -0.1) is 0 Å². The number of nitrogens with zero attached hydrogens (tertiary/aromatic N) is 1. The average molecular weight is 732 g/mol. The number of fused-ring (bicyclic) bond motifs is 10. The Kier molecular flexibility index (Phi) is 8.80. The molecule has 0 aliphatic heterocycles. The van der Waals surface area contributed by atoms with E-state index < -0.39 is 0 Å². The largest absolute Gasteiger partial charge is 0.457 e. The number of rotatable bonds is 9. The first-order valence-corrected chi connectivity index (χ1v) is 19.8. The Balaban J connectivity index is 0.893. The molecular formula is C55H41NO. The number of hydrogen-bond donors (Lipinski definition) is 0. The van der Waals surface area contributed by atoms with Gasteiger partial charge < -0.3 is 4.74 Å². The van der Waals surface area contributed by atoms with Crippen LogP contribution in [0.4, 0.5) is 0 Å². The van der Waals surface area contributed by atoms with Gasteiger partial charge in [-0.05, 0) is 145 Å². The smallest absolute Gasteiger partial charge is 0.127 e. The molecule has 0 radical (unpaired) electrons. The summed E-state index contributed by atoms with van der Waals surface area (Å²) < 4.78 is 6.36. The Bertz CT molecular complexity index is 2850. The third-order valence-corrected chi connectivity index (χ3v) is 11.7. The quantitative estimate of drug-likeness (QED) is 0.135. The lowest BCUT2D eigenvalue weighted by Crippen LogP contribution is -2.10. The number of hydrogen-bond acceptors (Lipinski definition) is 2. The molecule has 0 amide bonds. The summed E-state index contributed by atoms with van der Waals surface area (Å²) in [5.41, 5.74) is 17.3. The summed E-state index contributed by atoms with van der Waals surface area (Å²) >= 11 is 0. The molecule has 2 atom stereocenters. The molecule has 2 nitrogen and oxygen atoms in total. The molecule has 8 aromatic carbocycles. The van der Waals surface area contributed by atoms with E-state index in [1.54, 1.807) is 0 Å². The van der Waals surface area contributed by atoms with Crippen molar-refractivity contribution in [2.24, 2.45) is 4.99 Å². The van der Waals surface area contributed by atoms with Crippen LogP contribution < -0.4 is 4.74 Å². The van der Waals surface area contributed by atoms with E-state index in [1.165, 1.54) is 60.9 Å². The van der Waals surface area contributed by atoms with Crippen LogP contribution in [-0.4, -0.2) is 5.71 Å². The van der Waals surface area contributed by atoms with Crippen molar-refractivity contribution in [1.29, 1.82) is 0 Å². The zero-order chi connectivity index (χ0) is 38.3. The van der Waals surface area contributed by atoms with Gasteiger partial charge in [0.2, 0.25) is 0 Å². The Labute approximate surface area is 334 Å². The third-order valence-electron chi connectivity index (χ3n) is 11.7. The molecule has 0 aromatic heterocycles. The van der Waals surface area contributed by atoms with Crippen molar-refractivity contribution in [2.45, 2.75) is 25.3 Å². The van der Waals surface area contributed by atoms with Crippen LogP contribution in [0, 0.1) is 0 Å². The first kappa shape index (κ1) is 34.5. The topological polar surface area (TPSA) is 21.6 Å². The molecular weight excluding hydrogens is 691 g/mol. The molecule has 2 heteroatoms. The highest BCUT2D eigenvalue weighted by Crippen LogP contribution is 2.56. The fourth-order valence-corrected chi connectivity index (χ4v) is 8.77. The number of benzene rings is 8. The van der Waals surface area contributed by atoms with E-state index in [4.69, 9.17) is 9.73 Å². The summed E-state index contributed by atoms with van der Waals surface area (Å²) in [4.78, 5) is 5.23. The fourth-order valence-electron chi connectivity index (χ4n) is 8.77. The zero-order valence-corrected chi connectivity index (χ0v) is 31.9. The Morgan fingerprint density at radius 1 is 0.596 bits per heavy atom. The van der Waals surface area contributed by atoms with Gasteiger partial charge in [0.05, 0.1) is 6.04 Å². The van der Waals surface area contributed by atoms with Crippen molar-refractivity contribution < 1.29 is 4.74 Å². The van der Waals surface area contributed by atoms with Crippen LogP contribution in [0.5, 0.6) is 11.5 Å². The highest BCUT2D eigenvalue weighted by Gasteiger charge is 2.36. The molecule has 0 spiro atoms. The van der Waals surface area contributed by atoms with Crippen molar-refractivity contribution >= 4 is 33.7 Å². The molecule has 8 aromatic rings. The van der Waals surface area contributed by atoms with Gasteiger partial charge in [0.25, 0.3) is 0 Å². The van der Waals surface area contributed by atoms with Gasteiger partial charge in [-0.25, -0.2) is 0 Å².